The molecule has 4 nitrogen and oxygen atoms in total. The number of nitriles is 1. The van der Waals surface area contributed by atoms with E-state index < -0.39 is 5.82 Å². The molecule has 3 rings (SSSR count). The Labute approximate surface area is 129 Å². The van der Waals surface area contributed by atoms with Gasteiger partial charge in [0, 0.05) is 11.6 Å². The lowest BCUT2D eigenvalue weighted by atomic mass is 10.2. The summed E-state index contributed by atoms with van der Waals surface area (Å²) in [6.45, 7) is 0. The van der Waals surface area contributed by atoms with E-state index in [-0.39, 0.29) is 5.56 Å². The second-order valence-electron chi connectivity index (χ2n) is 4.19. The van der Waals surface area contributed by atoms with E-state index in [1.807, 2.05) is 12.1 Å². The smallest absolute Gasteiger partial charge is 0.148 e. The SMILES string of the molecule is N#Cc1ccc(NSc2c[nH]c3nc(Cl)ccc23)c(F)c1. The molecular formula is C14H8ClFN4S. The molecule has 0 radical (unpaired) electrons. The summed E-state index contributed by atoms with van der Waals surface area (Å²) in [5, 5.41) is 10.0. The number of fused-ring (bicyclic) bond motifs is 1. The number of aromatic amines is 1. The molecule has 0 fully saturated rings. The van der Waals surface area contributed by atoms with Crippen LogP contribution < -0.4 is 4.72 Å². The Morgan fingerprint density at radius 1 is 1.33 bits per heavy atom. The highest BCUT2D eigenvalue weighted by Gasteiger charge is 2.08. The summed E-state index contributed by atoms with van der Waals surface area (Å²) in [7, 11) is 0. The molecule has 0 aliphatic heterocycles. The summed E-state index contributed by atoms with van der Waals surface area (Å²) in [6, 6.07) is 9.72. The lowest BCUT2D eigenvalue weighted by Crippen LogP contribution is -1.91. The predicted octanol–water partition coefficient (Wildman–Crippen LogP) is 4.35. The Morgan fingerprint density at radius 3 is 2.95 bits per heavy atom. The number of rotatable bonds is 3. The minimum atomic E-state index is -0.470. The van der Waals surface area contributed by atoms with Gasteiger partial charge in [0.2, 0.25) is 0 Å². The first-order valence-corrected chi connectivity index (χ1v) is 7.13. The third kappa shape index (κ3) is 2.79. The summed E-state index contributed by atoms with van der Waals surface area (Å²) in [5.74, 6) is -0.470. The van der Waals surface area contributed by atoms with Crippen molar-refractivity contribution in [3.05, 3.63) is 53.1 Å². The molecule has 0 saturated carbocycles. The Bertz CT molecular complexity index is 856. The van der Waals surface area contributed by atoms with Gasteiger partial charge in [0.1, 0.15) is 16.6 Å². The van der Waals surface area contributed by atoms with Crippen LogP contribution in [-0.4, -0.2) is 9.97 Å². The van der Waals surface area contributed by atoms with Crippen molar-refractivity contribution in [3.63, 3.8) is 0 Å². The van der Waals surface area contributed by atoms with Gasteiger partial charge in [-0.15, -0.1) is 0 Å². The predicted molar refractivity (Wildman–Crippen MR) is 81.7 cm³/mol. The molecule has 0 aliphatic rings. The Hall–Kier alpha value is -2.23. The van der Waals surface area contributed by atoms with Crippen molar-refractivity contribution >= 4 is 40.3 Å². The Kier molecular flexibility index (Phi) is 3.69. The van der Waals surface area contributed by atoms with Gasteiger partial charge in [-0.3, -0.25) is 0 Å². The lowest BCUT2D eigenvalue weighted by molar-refractivity contribution is 0.632. The maximum absolute atomic E-state index is 13.8. The average molecular weight is 319 g/mol. The molecule has 2 N–H and O–H groups in total. The van der Waals surface area contributed by atoms with Crippen LogP contribution in [0, 0.1) is 17.1 Å². The highest BCUT2D eigenvalue weighted by molar-refractivity contribution is 8.00. The van der Waals surface area contributed by atoms with Crippen molar-refractivity contribution in [3.8, 4) is 6.07 Å². The molecule has 0 bridgehead atoms. The zero-order valence-corrected chi connectivity index (χ0v) is 12.1. The molecular weight excluding hydrogens is 311 g/mol. The Balaban J connectivity index is 1.82. The van der Waals surface area contributed by atoms with Crippen LogP contribution in [0.15, 0.2) is 41.4 Å². The van der Waals surface area contributed by atoms with E-state index in [9.17, 15) is 4.39 Å². The van der Waals surface area contributed by atoms with Gasteiger partial charge in [-0.05, 0) is 42.3 Å². The largest absolute Gasteiger partial charge is 0.345 e. The summed E-state index contributed by atoms with van der Waals surface area (Å²) < 4.78 is 16.7. The fourth-order valence-corrected chi connectivity index (χ4v) is 2.74. The van der Waals surface area contributed by atoms with Crippen LogP contribution in [0.1, 0.15) is 5.56 Å². The molecule has 1 aromatic carbocycles. The van der Waals surface area contributed by atoms with Crippen LogP contribution in [0.5, 0.6) is 0 Å². The molecule has 0 aliphatic carbocycles. The van der Waals surface area contributed by atoms with Gasteiger partial charge in [-0.25, -0.2) is 9.37 Å². The number of halogens is 2. The number of nitrogens with one attached hydrogen (secondary N) is 2. The van der Waals surface area contributed by atoms with Crippen LogP contribution in [0.4, 0.5) is 10.1 Å². The van der Waals surface area contributed by atoms with E-state index in [0.717, 1.165) is 10.3 Å². The first kappa shape index (κ1) is 13.7. The van der Waals surface area contributed by atoms with E-state index in [1.165, 1.54) is 24.1 Å². The first-order valence-electron chi connectivity index (χ1n) is 5.93. The van der Waals surface area contributed by atoms with Gasteiger partial charge in [0.25, 0.3) is 0 Å². The molecule has 3 aromatic rings. The van der Waals surface area contributed by atoms with Crippen LogP contribution in [0.25, 0.3) is 11.0 Å². The topological polar surface area (TPSA) is 64.5 Å². The standard InChI is InChI=1S/C14H8ClFN4S/c15-13-4-2-9-12(7-18-14(9)19-13)21-20-11-3-1-8(6-17)5-10(11)16/h1-5,7,20H,(H,18,19). The summed E-state index contributed by atoms with van der Waals surface area (Å²) >= 11 is 7.08. The second-order valence-corrected chi connectivity index (χ2v) is 5.43. The monoisotopic (exact) mass is 318 g/mol. The molecule has 2 heterocycles. The average Bonchev–Trinajstić information content (AvgIpc) is 2.88. The molecule has 0 spiro atoms. The van der Waals surface area contributed by atoms with Crippen molar-refractivity contribution in [1.29, 1.82) is 5.26 Å². The number of nitrogens with zero attached hydrogens (tertiary/aromatic N) is 2. The van der Waals surface area contributed by atoms with Crippen molar-refractivity contribution in [1.82, 2.24) is 9.97 Å². The number of hydrogen-bond donors (Lipinski definition) is 2. The lowest BCUT2D eigenvalue weighted by Gasteiger charge is -2.05. The van der Waals surface area contributed by atoms with Crippen molar-refractivity contribution in [2.75, 3.05) is 4.72 Å². The second kappa shape index (κ2) is 5.64. The number of benzene rings is 1. The van der Waals surface area contributed by atoms with Gasteiger partial charge in [0.05, 0.1) is 22.2 Å². The van der Waals surface area contributed by atoms with Gasteiger partial charge < -0.3 is 9.71 Å². The number of anilines is 1. The van der Waals surface area contributed by atoms with E-state index in [1.54, 1.807) is 18.3 Å². The molecule has 0 saturated heterocycles. The summed E-state index contributed by atoms with van der Waals surface area (Å²) in [6.07, 6.45) is 1.77. The fourth-order valence-electron chi connectivity index (χ4n) is 1.82. The third-order valence-electron chi connectivity index (χ3n) is 2.84. The van der Waals surface area contributed by atoms with Gasteiger partial charge >= 0.3 is 0 Å². The number of aromatic nitrogens is 2. The maximum Gasteiger partial charge on any atom is 0.148 e. The zero-order valence-electron chi connectivity index (χ0n) is 10.5. The fraction of sp³-hybridized carbons (Fsp3) is 0. The molecule has 0 unspecified atom stereocenters. The molecule has 0 amide bonds. The molecule has 104 valence electrons. The van der Waals surface area contributed by atoms with Crippen molar-refractivity contribution < 1.29 is 4.39 Å². The van der Waals surface area contributed by atoms with Crippen LogP contribution in [-0.2, 0) is 0 Å². The number of pyridine rings is 1. The maximum atomic E-state index is 13.8. The first-order chi connectivity index (χ1) is 10.2. The third-order valence-corrected chi connectivity index (χ3v) is 3.93. The van der Waals surface area contributed by atoms with Crippen molar-refractivity contribution in [2.24, 2.45) is 0 Å². The van der Waals surface area contributed by atoms with E-state index >= 15 is 0 Å². The van der Waals surface area contributed by atoms with Crippen LogP contribution >= 0.6 is 23.5 Å². The molecule has 0 atom stereocenters. The summed E-state index contributed by atoms with van der Waals surface area (Å²) in [4.78, 5) is 8.03. The minimum absolute atomic E-state index is 0.286. The Morgan fingerprint density at radius 2 is 2.19 bits per heavy atom. The quantitative estimate of drug-likeness (QED) is 0.556. The van der Waals surface area contributed by atoms with Crippen LogP contribution in [0.3, 0.4) is 0 Å². The van der Waals surface area contributed by atoms with Crippen molar-refractivity contribution in [2.45, 2.75) is 4.90 Å². The number of hydrogen-bond acceptors (Lipinski definition) is 4. The van der Waals surface area contributed by atoms with Gasteiger partial charge in [-0.1, -0.05) is 11.6 Å². The van der Waals surface area contributed by atoms with E-state index in [4.69, 9.17) is 16.9 Å². The highest BCUT2D eigenvalue weighted by Crippen LogP contribution is 2.29. The molecule has 21 heavy (non-hydrogen) atoms. The normalized spacial score (nSPS) is 10.5. The zero-order chi connectivity index (χ0) is 14.8. The number of H-pyrrole nitrogens is 1. The van der Waals surface area contributed by atoms with Crippen LogP contribution in [0.2, 0.25) is 5.15 Å². The van der Waals surface area contributed by atoms with Gasteiger partial charge in [0.15, 0.2) is 0 Å². The summed E-state index contributed by atoms with van der Waals surface area (Å²) in [5.41, 5.74) is 1.27. The van der Waals surface area contributed by atoms with Gasteiger partial charge in [-0.2, -0.15) is 5.26 Å². The highest BCUT2D eigenvalue weighted by atomic mass is 35.5. The van der Waals surface area contributed by atoms with E-state index in [0.29, 0.717) is 16.5 Å². The molecule has 2 aromatic heterocycles. The van der Waals surface area contributed by atoms with E-state index in [2.05, 4.69) is 14.7 Å². The molecule has 7 heteroatoms. The minimum Gasteiger partial charge on any atom is -0.345 e.